The lowest BCUT2D eigenvalue weighted by atomic mass is 10.1. The molecule has 0 bridgehead atoms. The van der Waals surface area contributed by atoms with E-state index in [4.69, 9.17) is 4.74 Å². The Kier molecular flexibility index (Phi) is 5.60. The van der Waals surface area contributed by atoms with Crippen molar-refractivity contribution >= 4 is 28.5 Å². The summed E-state index contributed by atoms with van der Waals surface area (Å²) >= 11 is 0. The predicted molar refractivity (Wildman–Crippen MR) is 107 cm³/mol. The first-order valence-electron chi connectivity index (χ1n) is 9.23. The summed E-state index contributed by atoms with van der Waals surface area (Å²) in [5.41, 5.74) is 3.62. The molecule has 0 spiro atoms. The molecule has 3 rings (SSSR count). The molecule has 0 radical (unpaired) electrons. The molecule has 1 heterocycles. The van der Waals surface area contributed by atoms with Gasteiger partial charge in [-0.1, -0.05) is 31.2 Å². The smallest absolute Gasteiger partial charge is 0.338 e. The minimum atomic E-state index is -0.383. The summed E-state index contributed by atoms with van der Waals surface area (Å²) in [6.45, 7) is 7.00. The van der Waals surface area contributed by atoms with Crippen molar-refractivity contribution in [2.45, 2.75) is 33.7 Å². The van der Waals surface area contributed by atoms with Gasteiger partial charge in [0.15, 0.2) is 0 Å². The van der Waals surface area contributed by atoms with Gasteiger partial charge in [0.05, 0.1) is 12.2 Å². The summed E-state index contributed by atoms with van der Waals surface area (Å²) in [5.74, 6) is -0.573. The van der Waals surface area contributed by atoms with Crippen LogP contribution in [0.4, 0.5) is 5.69 Å². The minimum Gasteiger partial charge on any atom is -0.462 e. The molecule has 5 nitrogen and oxygen atoms in total. The predicted octanol–water partition coefficient (Wildman–Crippen LogP) is 4.79. The van der Waals surface area contributed by atoms with Gasteiger partial charge in [-0.15, -0.1) is 0 Å². The second kappa shape index (κ2) is 8.08. The summed E-state index contributed by atoms with van der Waals surface area (Å²) in [6, 6.07) is 14.8. The van der Waals surface area contributed by atoms with Crippen molar-refractivity contribution in [3.8, 4) is 0 Å². The zero-order valence-electron chi connectivity index (χ0n) is 15.9. The molecule has 0 aliphatic carbocycles. The molecular weight excluding hydrogens is 340 g/mol. The van der Waals surface area contributed by atoms with Gasteiger partial charge in [0.25, 0.3) is 5.91 Å². The van der Waals surface area contributed by atoms with Gasteiger partial charge < -0.3 is 14.6 Å². The second-order valence-corrected chi connectivity index (χ2v) is 6.41. The summed E-state index contributed by atoms with van der Waals surface area (Å²) in [5, 5.41) is 3.99. The van der Waals surface area contributed by atoms with Crippen LogP contribution in [-0.2, 0) is 11.3 Å². The van der Waals surface area contributed by atoms with Gasteiger partial charge >= 0.3 is 5.97 Å². The summed E-state index contributed by atoms with van der Waals surface area (Å²) < 4.78 is 7.17. The number of para-hydroxylation sites is 1. The largest absolute Gasteiger partial charge is 0.462 e. The number of rotatable bonds is 6. The Morgan fingerprint density at radius 1 is 1.07 bits per heavy atom. The van der Waals surface area contributed by atoms with Crippen molar-refractivity contribution < 1.29 is 14.3 Å². The third kappa shape index (κ3) is 3.72. The number of anilines is 1. The number of esters is 1. The fourth-order valence-electron chi connectivity index (χ4n) is 3.29. The number of benzene rings is 2. The van der Waals surface area contributed by atoms with E-state index in [0.717, 1.165) is 22.9 Å². The summed E-state index contributed by atoms with van der Waals surface area (Å²) in [4.78, 5) is 25.0. The van der Waals surface area contributed by atoms with E-state index in [9.17, 15) is 9.59 Å². The van der Waals surface area contributed by atoms with Crippen molar-refractivity contribution in [3.05, 3.63) is 65.4 Å². The van der Waals surface area contributed by atoms with E-state index >= 15 is 0 Å². The van der Waals surface area contributed by atoms with E-state index in [2.05, 4.69) is 5.32 Å². The molecule has 0 atom stereocenters. The number of hydrogen-bond acceptors (Lipinski definition) is 3. The minimum absolute atomic E-state index is 0.190. The van der Waals surface area contributed by atoms with Gasteiger partial charge in [-0.25, -0.2) is 4.79 Å². The molecule has 0 saturated carbocycles. The number of nitrogens with one attached hydrogen (secondary N) is 1. The van der Waals surface area contributed by atoms with Crippen molar-refractivity contribution in [3.63, 3.8) is 0 Å². The molecule has 0 fully saturated rings. The standard InChI is InChI=1S/C22H24N2O3/c1-4-13-27-22(26)16-9-8-10-17(14-16)23-21(25)20-15(3)18-11-6-7-12-19(18)24(20)5-2/h6-12,14H,4-5,13H2,1-3H3,(H,23,25). The second-order valence-electron chi connectivity index (χ2n) is 6.41. The number of hydrogen-bond donors (Lipinski definition) is 1. The number of amides is 1. The third-order valence-corrected chi connectivity index (χ3v) is 4.55. The Morgan fingerprint density at radius 3 is 2.59 bits per heavy atom. The van der Waals surface area contributed by atoms with Crippen molar-refractivity contribution in [1.82, 2.24) is 4.57 Å². The fourth-order valence-corrected chi connectivity index (χ4v) is 3.29. The van der Waals surface area contributed by atoms with Gasteiger partial charge in [-0.2, -0.15) is 0 Å². The molecule has 0 saturated heterocycles. The van der Waals surface area contributed by atoms with Crippen molar-refractivity contribution in [1.29, 1.82) is 0 Å². The first-order valence-corrected chi connectivity index (χ1v) is 9.23. The van der Waals surface area contributed by atoms with E-state index in [1.165, 1.54) is 0 Å². The molecule has 1 N–H and O–H groups in total. The molecule has 2 aromatic carbocycles. The zero-order valence-corrected chi connectivity index (χ0v) is 15.9. The monoisotopic (exact) mass is 364 g/mol. The average molecular weight is 364 g/mol. The van der Waals surface area contributed by atoms with Gasteiger partial charge in [-0.05, 0) is 50.1 Å². The number of ether oxygens (including phenoxy) is 1. The summed E-state index contributed by atoms with van der Waals surface area (Å²) in [7, 11) is 0. The molecular formula is C22H24N2O3. The number of nitrogens with zero attached hydrogens (tertiary/aromatic N) is 1. The number of fused-ring (bicyclic) bond motifs is 1. The molecule has 3 aromatic rings. The average Bonchev–Trinajstić information content (AvgIpc) is 2.98. The highest BCUT2D eigenvalue weighted by molar-refractivity contribution is 6.08. The topological polar surface area (TPSA) is 60.3 Å². The highest BCUT2D eigenvalue weighted by atomic mass is 16.5. The molecule has 0 aliphatic rings. The van der Waals surface area contributed by atoms with E-state index in [1.807, 2.05) is 49.6 Å². The van der Waals surface area contributed by atoms with Crippen LogP contribution in [-0.4, -0.2) is 23.1 Å². The zero-order chi connectivity index (χ0) is 19.4. The fraction of sp³-hybridized carbons (Fsp3) is 0.273. The molecule has 140 valence electrons. The number of carbonyl (C=O) groups is 2. The van der Waals surface area contributed by atoms with Crippen molar-refractivity contribution in [2.75, 3.05) is 11.9 Å². The highest BCUT2D eigenvalue weighted by Gasteiger charge is 2.19. The highest BCUT2D eigenvalue weighted by Crippen LogP contribution is 2.26. The molecule has 5 heteroatoms. The first kappa shape index (κ1) is 18.7. The number of carbonyl (C=O) groups excluding carboxylic acids is 2. The molecule has 1 amide bonds. The lowest BCUT2D eigenvalue weighted by molar-refractivity contribution is 0.0505. The Hall–Kier alpha value is -3.08. The lowest BCUT2D eigenvalue weighted by Crippen LogP contribution is -2.18. The number of aromatic nitrogens is 1. The SMILES string of the molecule is CCCOC(=O)c1cccc(NC(=O)c2c(C)c3ccccc3n2CC)c1. The molecule has 0 unspecified atom stereocenters. The van der Waals surface area contributed by atoms with E-state index in [-0.39, 0.29) is 11.9 Å². The van der Waals surface area contributed by atoms with Gasteiger partial charge in [-0.3, -0.25) is 4.79 Å². The lowest BCUT2D eigenvalue weighted by Gasteiger charge is -2.11. The quantitative estimate of drug-likeness (QED) is 0.640. The Balaban J connectivity index is 1.89. The van der Waals surface area contributed by atoms with Crippen LogP contribution >= 0.6 is 0 Å². The first-order chi connectivity index (χ1) is 13.1. The van der Waals surface area contributed by atoms with E-state index in [1.54, 1.807) is 24.3 Å². The molecule has 27 heavy (non-hydrogen) atoms. The maximum atomic E-state index is 13.0. The normalized spacial score (nSPS) is 10.8. The van der Waals surface area contributed by atoms with Crippen LogP contribution in [0.2, 0.25) is 0 Å². The van der Waals surface area contributed by atoms with Crippen LogP contribution < -0.4 is 5.32 Å². The van der Waals surface area contributed by atoms with Crippen LogP contribution in [0.1, 0.15) is 46.7 Å². The third-order valence-electron chi connectivity index (χ3n) is 4.55. The van der Waals surface area contributed by atoms with E-state index in [0.29, 0.717) is 30.1 Å². The van der Waals surface area contributed by atoms with Gasteiger partial charge in [0.1, 0.15) is 5.69 Å². The summed E-state index contributed by atoms with van der Waals surface area (Å²) in [6.07, 6.45) is 0.767. The van der Waals surface area contributed by atoms with Gasteiger partial charge in [0.2, 0.25) is 0 Å². The Morgan fingerprint density at radius 2 is 1.85 bits per heavy atom. The van der Waals surface area contributed by atoms with Crippen molar-refractivity contribution in [2.24, 2.45) is 0 Å². The Bertz CT molecular complexity index is 988. The molecule has 0 aliphatic heterocycles. The van der Waals surface area contributed by atoms with Crippen LogP contribution in [0.25, 0.3) is 10.9 Å². The maximum Gasteiger partial charge on any atom is 0.338 e. The van der Waals surface area contributed by atoms with Gasteiger partial charge in [0, 0.05) is 23.1 Å². The Labute approximate surface area is 158 Å². The van der Waals surface area contributed by atoms with Crippen LogP contribution in [0.15, 0.2) is 48.5 Å². The maximum absolute atomic E-state index is 13.0. The van der Waals surface area contributed by atoms with Crippen LogP contribution in [0, 0.1) is 6.92 Å². The van der Waals surface area contributed by atoms with Crippen LogP contribution in [0.5, 0.6) is 0 Å². The number of aryl methyl sites for hydroxylation is 2. The molecule has 1 aromatic heterocycles. The van der Waals surface area contributed by atoms with Crippen LogP contribution in [0.3, 0.4) is 0 Å². The van der Waals surface area contributed by atoms with E-state index < -0.39 is 0 Å².